The maximum absolute atomic E-state index is 13.5. The normalized spacial score (nSPS) is 29.5. The lowest BCUT2D eigenvalue weighted by Crippen LogP contribution is -2.58. The van der Waals surface area contributed by atoms with E-state index in [1.54, 1.807) is 20.8 Å². The Morgan fingerprint density at radius 1 is 1.32 bits per heavy atom. The molecule has 2 fully saturated rings. The summed E-state index contributed by atoms with van der Waals surface area (Å²) in [5, 5.41) is 11.9. The third-order valence-corrected chi connectivity index (χ3v) is 6.33. The maximum atomic E-state index is 13.5. The Labute approximate surface area is 168 Å². The van der Waals surface area contributed by atoms with Crippen molar-refractivity contribution in [3.8, 4) is 0 Å². The Hall–Kier alpha value is -2.22. The molecule has 0 aromatic heterocycles. The number of thioether (sulfide) groups is 1. The second kappa shape index (κ2) is 7.31. The molecule has 0 bridgehead atoms. The van der Waals surface area contributed by atoms with Crippen molar-refractivity contribution in [2.24, 2.45) is 0 Å². The van der Waals surface area contributed by atoms with E-state index < -0.39 is 29.2 Å². The van der Waals surface area contributed by atoms with Crippen LogP contribution in [0, 0.1) is 0 Å². The van der Waals surface area contributed by atoms with E-state index in [0.29, 0.717) is 6.42 Å². The minimum atomic E-state index is -1.23. The number of alkyl carbamates (subject to hydrolysis) is 1. The predicted octanol–water partition coefficient (Wildman–Crippen LogP) is 2.64. The molecule has 1 unspecified atom stereocenters. The number of nitrogens with zero attached hydrogens (tertiary/aromatic N) is 1. The number of carboxylic acids is 1. The van der Waals surface area contributed by atoms with Gasteiger partial charge in [-0.25, -0.2) is 9.59 Å². The number of ether oxygens (including phenoxy) is 1. The van der Waals surface area contributed by atoms with Crippen LogP contribution < -0.4 is 5.32 Å². The Morgan fingerprint density at radius 2 is 1.96 bits per heavy atom. The quantitative estimate of drug-likeness (QED) is 0.798. The van der Waals surface area contributed by atoms with Gasteiger partial charge in [0.05, 0.1) is 5.37 Å². The molecule has 2 saturated heterocycles. The van der Waals surface area contributed by atoms with Crippen LogP contribution in [0.5, 0.6) is 0 Å². The average Bonchev–Trinajstić information content (AvgIpc) is 2.99. The lowest BCUT2D eigenvalue weighted by molar-refractivity contribution is -0.149. The standard InChI is InChI=1S/C20H26N2O5S/c1-12-15(16(23)24)22-14(28-12)11-20(17(22)25,10-13-8-6-5-7-9-13)21-18(26)27-19(2,3)4/h5-9,12,14-15H,10-11H2,1-4H3,(H,21,26)(H,23,24)/t12?,14-,15-,20+/m0/s1. The van der Waals surface area contributed by atoms with Gasteiger partial charge in [-0.05, 0) is 26.3 Å². The van der Waals surface area contributed by atoms with E-state index >= 15 is 0 Å². The average molecular weight is 407 g/mol. The van der Waals surface area contributed by atoms with Crippen molar-refractivity contribution in [1.29, 1.82) is 0 Å². The minimum absolute atomic E-state index is 0.206. The summed E-state index contributed by atoms with van der Waals surface area (Å²) >= 11 is 1.46. The zero-order valence-electron chi connectivity index (χ0n) is 16.5. The van der Waals surface area contributed by atoms with Crippen LogP contribution >= 0.6 is 11.8 Å². The fraction of sp³-hybridized carbons (Fsp3) is 0.550. The van der Waals surface area contributed by atoms with E-state index in [1.165, 1.54) is 16.7 Å². The zero-order valence-corrected chi connectivity index (χ0v) is 17.3. The molecule has 152 valence electrons. The van der Waals surface area contributed by atoms with Gasteiger partial charge in [-0.15, -0.1) is 11.8 Å². The summed E-state index contributed by atoms with van der Waals surface area (Å²) in [5.41, 5.74) is -1.05. The van der Waals surface area contributed by atoms with Crippen molar-refractivity contribution in [1.82, 2.24) is 10.2 Å². The number of hydrogen-bond acceptors (Lipinski definition) is 5. The summed E-state index contributed by atoms with van der Waals surface area (Å²) in [4.78, 5) is 39.2. The molecule has 3 rings (SSSR count). The second-order valence-electron chi connectivity index (χ2n) is 8.37. The molecule has 1 aromatic rings. The Kier molecular flexibility index (Phi) is 5.36. The SMILES string of the molecule is CC1S[C@H]2C[C@@](Cc3ccccc3)(NC(=O)OC(C)(C)C)C(=O)N2[C@@H]1C(=O)O. The van der Waals surface area contributed by atoms with Crippen molar-refractivity contribution in [2.45, 2.75) is 68.3 Å². The first kappa shape index (κ1) is 20.5. The van der Waals surface area contributed by atoms with Crippen LogP contribution in [0.25, 0.3) is 0 Å². The number of aliphatic carboxylic acids is 1. The number of benzene rings is 1. The molecule has 2 amide bonds. The highest BCUT2D eigenvalue weighted by Gasteiger charge is 2.60. The van der Waals surface area contributed by atoms with Crippen LogP contribution in [0.1, 0.15) is 39.7 Å². The molecule has 2 aliphatic rings. The molecule has 0 aliphatic carbocycles. The highest BCUT2D eigenvalue weighted by Crippen LogP contribution is 2.47. The molecule has 7 nitrogen and oxygen atoms in total. The minimum Gasteiger partial charge on any atom is -0.480 e. The fourth-order valence-electron chi connectivity index (χ4n) is 3.89. The van der Waals surface area contributed by atoms with E-state index in [4.69, 9.17) is 4.74 Å². The van der Waals surface area contributed by atoms with E-state index in [2.05, 4.69) is 5.32 Å². The Balaban J connectivity index is 1.93. The van der Waals surface area contributed by atoms with Crippen LogP contribution in [0.4, 0.5) is 4.79 Å². The van der Waals surface area contributed by atoms with Crippen molar-refractivity contribution in [3.63, 3.8) is 0 Å². The molecule has 0 spiro atoms. The van der Waals surface area contributed by atoms with Gasteiger partial charge < -0.3 is 20.1 Å². The van der Waals surface area contributed by atoms with Gasteiger partial charge in [0, 0.05) is 18.1 Å². The largest absolute Gasteiger partial charge is 0.480 e. The molecule has 2 aliphatic heterocycles. The molecule has 0 saturated carbocycles. The number of carbonyl (C=O) groups excluding carboxylic acids is 2. The highest BCUT2D eigenvalue weighted by molar-refractivity contribution is 8.00. The maximum Gasteiger partial charge on any atom is 0.408 e. The zero-order chi connectivity index (χ0) is 20.7. The number of carbonyl (C=O) groups is 3. The number of fused-ring (bicyclic) bond motifs is 1. The van der Waals surface area contributed by atoms with Gasteiger partial charge in [0.25, 0.3) is 5.91 Å². The van der Waals surface area contributed by atoms with Crippen LogP contribution in [-0.4, -0.2) is 55.8 Å². The number of nitrogens with one attached hydrogen (secondary N) is 1. The first-order valence-electron chi connectivity index (χ1n) is 9.28. The molecule has 2 N–H and O–H groups in total. The molecule has 2 heterocycles. The number of rotatable bonds is 4. The van der Waals surface area contributed by atoms with E-state index in [-0.39, 0.29) is 23.0 Å². The third kappa shape index (κ3) is 3.97. The smallest absolute Gasteiger partial charge is 0.408 e. The number of hydrogen-bond donors (Lipinski definition) is 2. The van der Waals surface area contributed by atoms with Gasteiger partial charge in [0.2, 0.25) is 0 Å². The molecule has 8 heteroatoms. The first-order valence-corrected chi connectivity index (χ1v) is 10.2. The Morgan fingerprint density at radius 3 is 2.54 bits per heavy atom. The van der Waals surface area contributed by atoms with Gasteiger partial charge in [0.15, 0.2) is 0 Å². The molecule has 0 radical (unpaired) electrons. The van der Waals surface area contributed by atoms with Crippen LogP contribution in [0.3, 0.4) is 0 Å². The molecule has 28 heavy (non-hydrogen) atoms. The van der Waals surface area contributed by atoms with Crippen LogP contribution in [-0.2, 0) is 20.7 Å². The van der Waals surface area contributed by atoms with Crippen LogP contribution in [0.15, 0.2) is 30.3 Å². The molecule has 4 atom stereocenters. The molecular weight excluding hydrogens is 380 g/mol. The van der Waals surface area contributed by atoms with Gasteiger partial charge in [-0.3, -0.25) is 4.79 Å². The number of carboxylic acid groups (broad SMARTS) is 1. The van der Waals surface area contributed by atoms with Crippen molar-refractivity contribution in [3.05, 3.63) is 35.9 Å². The highest BCUT2D eigenvalue weighted by atomic mass is 32.2. The van der Waals surface area contributed by atoms with Gasteiger partial charge in [0.1, 0.15) is 17.2 Å². The first-order chi connectivity index (χ1) is 13.0. The summed E-state index contributed by atoms with van der Waals surface area (Å²) in [5.74, 6) is -1.39. The van der Waals surface area contributed by atoms with Gasteiger partial charge in [-0.2, -0.15) is 0 Å². The van der Waals surface area contributed by atoms with E-state index in [0.717, 1.165) is 5.56 Å². The summed E-state index contributed by atoms with van der Waals surface area (Å²) in [6.07, 6.45) is -0.0678. The van der Waals surface area contributed by atoms with Crippen molar-refractivity contribution < 1.29 is 24.2 Å². The molecular formula is C20H26N2O5S. The van der Waals surface area contributed by atoms with Crippen LogP contribution in [0.2, 0.25) is 0 Å². The van der Waals surface area contributed by atoms with Crippen molar-refractivity contribution in [2.75, 3.05) is 0 Å². The fourth-order valence-corrected chi connectivity index (χ4v) is 5.52. The monoisotopic (exact) mass is 406 g/mol. The summed E-state index contributed by atoms with van der Waals surface area (Å²) in [6.45, 7) is 7.07. The number of amides is 2. The predicted molar refractivity (Wildman–Crippen MR) is 106 cm³/mol. The molecule has 1 aromatic carbocycles. The summed E-state index contributed by atoms with van der Waals surface area (Å²) in [6, 6.07) is 8.49. The van der Waals surface area contributed by atoms with Gasteiger partial charge in [-0.1, -0.05) is 37.3 Å². The van der Waals surface area contributed by atoms with Gasteiger partial charge >= 0.3 is 12.1 Å². The van der Waals surface area contributed by atoms with E-state index in [1.807, 2.05) is 37.3 Å². The second-order valence-corrected chi connectivity index (χ2v) is 9.93. The summed E-state index contributed by atoms with van der Waals surface area (Å²) in [7, 11) is 0. The lowest BCUT2D eigenvalue weighted by Gasteiger charge is -2.32. The third-order valence-electron chi connectivity index (χ3n) is 4.94. The van der Waals surface area contributed by atoms with E-state index in [9.17, 15) is 19.5 Å². The summed E-state index contributed by atoms with van der Waals surface area (Å²) < 4.78 is 5.38. The Bertz CT molecular complexity index is 779. The topological polar surface area (TPSA) is 95.9 Å². The lowest BCUT2D eigenvalue weighted by atomic mass is 9.89. The van der Waals surface area contributed by atoms with Crippen molar-refractivity contribution >= 4 is 29.7 Å².